The molecule has 1 aromatic rings. The van der Waals surface area contributed by atoms with E-state index in [0.29, 0.717) is 9.23 Å². The van der Waals surface area contributed by atoms with Gasteiger partial charge in [-0.1, -0.05) is 24.0 Å². The van der Waals surface area contributed by atoms with Gasteiger partial charge in [0.15, 0.2) is 0 Å². The number of thioether (sulfide) groups is 1. The zero-order valence-electron chi connectivity index (χ0n) is 7.79. The van der Waals surface area contributed by atoms with Crippen LogP contribution in [0.15, 0.2) is 23.1 Å². The molecule has 0 spiro atoms. The van der Waals surface area contributed by atoms with Crippen LogP contribution in [0.3, 0.4) is 0 Å². The lowest BCUT2D eigenvalue weighted by Gasteiger charge is -1.97. The molecule has 0 atom stereocenters. The van der Waals surface area contributed by atoms with E-state index in [1.807, 2.05) is 0 Å². The Balaban J connectivity index is 2.36. The molecular weight excluding hydrogens is 252 g/mol. The molecule has 16 heavy (non-hydrogen) atoms. The Morgan fingerprint density at radius 3 is 2.69 bits per heavy atom. The van der Waals surface area contributed by atoms with Crippen LogP contribution in [0.4, 0.5) is 8.78 Å². The Morgan fingerprint density at radius 1 is 1.38 bits per heavy atom. The molecule has 6 heteroatoms. The fourth-order valence-corrected chi connectivity index (χ4v) is 2.22. The van der Waals surface area contributed by atoms with Gasteiger partial charge < -0.3 is 5.32 Å². The Morgan fingerprint density at radius 2 is 2.12 bits per heavy atom. The molecule has 1 heterocycles. The lowest BCUT2D eigenvalue weighted by Crippen LogP contribution is -2.17. The normalized spacial score (nSPS) is 18.0. The van der Waals surface area contributed by atoms with Crippen LogP contribution in [0, 0.1) is 11.6 Å². The van der Waals surface area contributed by atoms with Crippen molar-refractivity contribution in [1.29, 1.82) is 0 Å². The predicted octanol–water partition coefficient (Wildman–Crippen LogP) is 2.45. The summed E-state index contributed by atoms with van der Waals surface area (Å²) in [5.74, 6) is -1.73. The van der Waals surface area contributed by atoms with Crippen molar-refractivity contribution in [3.63, 3.8) is 0 Å². The first-order valence-electron chi connectivity index (χ1n) is 4.26. The van der Waals surface area contributed by atoms with E-state index in [-0.39, 0.29) is 11.5 Å². The summed E-state index contributed by atoms with van der Waals surface area (Å²) in [4.78, 5) is 11.6. The molecule has 1 N–H and O–H groups in total. The third kappa shape index (κ3) is 2.28. The number of benzene rings is 1. The molecule has 0 aliphatic carbocycles. The van der Waals surface area contributed by atoms with Gasteiger partial charge in [-0.05, 0) is 18.2 Å². The van der Waals surface area contributed by atoms with Crippen molar-refractivity contribution in [1.82, 2.24) is 5.32 Å². The second-order valence-electron chi connectivity index (χ2n) is 3.02. The highest BCUT2D eigenvalue weighted by Crippen LogP contribution is 2.26. The summed E-state index contributed by atoms with van der Waals surface area (Å²) in [6, 6.07) is 3.17. The third-order valence-electron chi connectivity index (χ3n) is 1.89. The van der Waals surface area contributed by atoms with Crippen LogP contribution in [0.25, 0.3) is 6.08 Å². The summed E-state index contributed by atoms with van der Waals surface area (Å²) in [6.45, 7) is 0. The third-order valence-corrected chi connectivity index (χ3v) is 3.05. The summed E-state index contributed by atoms with van der Waals surface area (Å²) < 4.78 is 26.2. The molecule has 2 rings (SSSR count). The van der Waals surface area contributed by atoms with Gasteiger partial charge in [-0.15, -0.1) is 0 Å². The fourth-order valence-electron chi connectivity index (χ4n) is 1.18. The van der Waals surface area contributed by atoms with Crippen molar-refractivity contribution in [3.05, 3.63) is 40.3 Å². The van der Waals surface area contributed by atoms with Crippen LogP contribution < -0.4 is 5.32 Å². The van der Waals surface area contributed by atoms with Gasteiger partial charge in [-0.25, -0.2) is 8.78 Å². The van der Waals surface area contributed by atoms with Crippen LogP contribution in [0.2, 0.25) is 0 Å². The molecule has 2 nitrogen and oxygen atoms in total. The summed E-state index contributed by atoms with van der Waals surface area (Å²) in [5.41, 5.74) is 0.156. The molecule has 1 saturated heterocycles. The van der Waals surface area contributed by atoms with Crippen LogP contribution in [-0.4, -0.2) is 10.2 Å². The van der Waals surface area contributed by atoms with Crippen LogP contribution in [0.5, 0.6) is 0 Å². The quantitative estimate of drug-likeness (QED) is 0.619. The Kier molecular flexibility index (Phi) is 3.02. The van der Waals surface area contributed by atoms with Gasteiger partial charge in [0, 0.05) is 11.6 Å². The zero-order valence-corrected chi connectivity index (χ0v) is 9.42. The summed E-state index contributed by atoms with van der Waals surface area (Å²) in [7, 11) is 0. The van der Waals surface area contributed by atoms with Crippen molar-refractivity contribution in [2.45, 2.75) is 0 Å². The number of rotatable bonds is 1. The number of halogens is 2. The first kappa shape index (κ1) is 11.2. The smallest absolute Gasteiger partial charge is 0.263 e. The standard InChI is InChI=1S/C10H5F2NOS2/c11-6-2-1-5(7(12)4-6)3-8-9(14)13-10(15)16-8/h1-4H,(H,13,14,15). The van der Waals surface area contributed by atoms with E-state index in [9.17, 15) is 13.6 Å². The first-order chi connectivity index (χ1) is 7.56. The second-order valence-corrected chi connectivity index (χ2v) is 4.74. The minimum absolute atomic E-state index is 0.156. The van der Waals surface area contributed by atoms with Crippen molar-refractivity contribution in [2.24, 2.45) is 0 Å². The van der Waals surface area contributed by atoms with Gasteiger partial charge in [0.2, 0.25) is 0 Å². The predicted molar refractivity (Wildman–Crippen MR) is 62.7 cm³/mol. The van der Waals surface area contributed by atoms with E-state index in [0.717, 1.165) is 23.9 Å². The van der Waals surface area contributed by atoms with Crippen molar-refractivity contribution in [3.8, 4) is 0 Å². The minimum atomic E-state index is -0.710. The maximum Gasteiger partial charge on any atom is 0.263 e. The summed E-state index contributed by atoms with van der Waals surface area (Å²) in [5, 5.41) is 2.41. The van der Waals surface area contributed by atoms with E-state index in [4.69, 9.17) is 12.2 Å². The highest BCUT2D eigenvalue weighted by Gasteiger charge is 2.22. The van der Waals surface area contributed by atoms with E-state index in [1.165, 1.54) is 12.1 Å². The van der Waals surface area contributed by atoms with Crippen LogP contribution >= 0.6 is 24.0 Å². The topological polar surface area (TPSA) is 29.1 Å². The van der Waals surface area contributed by atoms with Gasteiger partial charge >= 0.3 is 0 Å². The average molecular weight is 257 g/mol. The van der Waals surface area contributed by atoms with Crippen LogP contribution in [0.1, 0.15) is 5.56 Å². The first-order valence-corrected chi connectivity index (χ1v) is 5.48. The molecule has 1 fully saturated rings. The Bertz CT molecular complexity index is 514. The van der Waals surface area contributed by atoms with E-state index < -0.39 is 11.6 Å². The van der Waals surface area contributed by atoms with Gasteiger partial charge in [-0.3, -0.25) is 4.79 Å². The van der Waals surface area contributed by atoms with Gasteiger partial charge in [0.1, 0.15) is 16.0 Å². The SMILES string of the molecule is O=C1NC(=S)SC1=Cc1ccc(F)cc1F. The van der Waals surface area contributed by atoms with Crippen molar-refractivity contribution >= 4 is 40.3 Å². The number of carbonyl (C=O) groups is 1. The van der Waals surface area contributed by atoms with Gasteiger partial charge in [0.25, 0.3) is 5.91 Å². The Labute approximate surface area is 99.7 Å². The number of thiocarbonyl (C=S) groups is 1. The summed E-state index contributed by atoms with van der Waals surface area (Å²) in [6.07, 6.45) is 1.34. The summed E-state index contributed by atoms with van der Waals surface area (Å²) >= 11 is 5.83. The Hall–Kier alpha value is -1.27. The van der Waals surface area contributed by atoms with E-state index in [1.54, 1.807) is 0 Å². The highest BCUT2D eigenvalue weighted by molar-refractivity contribution is 8.26. The second kappa shape index (κ2) is 4.31. The lowest BCUT2D eigenvalue weighted by molar-refractivity contribution is -0.115. The minimum Gasteiger partial charge on any atom is -0.307 e. The molecular formula is C10H5F2NOS2. The van der Waals surface area contributed by atoms with E-state index in [2.05, 4.69) is 5.32 Å². The molecule has 1 aromatic carbocycles. The maximum atomic E-state index is 13.3. The molecule has 0 radical (unpaired) electrons. The molecule has 0 bridgehead atoms. The number of hydrogen-bond acceptors (Lipinski definition) is 3. The van der Waals surface area contributed by atoms with E-state index >= 15 is 0 Å². The number of hydrogen-bond donors (Lipinski definition) is 1. The molecule has 0 saturated carbocycles. The van der Waals surface area contributed by atoms with Gasteiger partial charge in [0.05, 0.1) is 4.91 Å². The van der Waals surface area contributed by atoms with Crippen molar-refractivity contribution < 1.29 is 13.6 Å². The molecule has 82 valence electrons. The maximum absolute atomic E-state index is 13.3. The number of nitrogens with one attached hydrogen (secondary N) is 1. The average Bonchev–Trinajstić information content (AvgIpc) is 2.50. The monoisotopic (exact) mass is 257 g/mol. The fraction of sp³-hybridized carbons (Fsp3) is 0. The number of amides is 1. The molecule has 1 aliphatic rings. The number of carbonyl (C=O) groups excluding carboxylic acids is 1. The largest absolute Gasteiger partial charge is 0.307 e. The highest BCUT2D eigenvalue weighted by atomic mass is 32.2. The molecule has 1 amide bonds. The lowest BCUT2D eigenvalue weighted by atomic mass is 10.2. The molecule has 0 aromatic heterocycles. The van der Waals surface area contributed by atoms with Gasteiger partial charge in [-0.2, -0.15) is 0 Å². The molecule has 1 aliphatic heterocycles. The van der Waals surface area contributed by atoms with Crippen molar-refractivity contribution in [2.75, 3.05) is 0 Å². The molecule has 0 unspecified atom stereocenters. The van der Waals surface area contributed by atoms with Crippen LogP contribution in [-0.2, 0) is 4.79 Å². The zero-order chi connectivity index (χ0) is 11.7.